The highest BCUT2D eigenvalue weighted by Crippen LogP contribution is 2.35. The fourth-order valence-electron chi connectivity index (χ4n) is 3.46. The molecule has 1 unspecified atom stereocenters. The molecule has 3 heteroatoms. The molecule has 138 valence electrons. The van der Waals surface area contributed by atoms with Crippen LogP contribution in [-0.4, -0.2) is 18.4 Å². The molecule has 1 aliphatic carbocycles. The topological polar surface area (TPSA) is 21.6 Å². The molecule has 26 heavy (non-hydrogen) atoms. The lowest BCUT2D eigenvalue weighted by Crippen LogP contribution is -2.08. The molecule has 0 spiro atoms. The van der Waals surface area contributed by atoms with Crippen molar-refractivity contribution in [1.29, 1.82) is 0 Å². The fraction of sp³-hybridized carbons (Fsp3) is 0.435. The third kappa shape index (κ3) is 4.37. The van der Waals surface area contributed by atoms with Crippen LogP contribution >= 0.6 is 15.9 Å². The second-order valence-electron chi connectivity index (χ2n) is 7.94. The zero-order valence-corrected chi connectivity index (χ0v) is 17.8. The van der Waals surface area contributed by atoms with E-state index in [0.29, 0.717) is 6.61 Å². The lowest BCUT2D eigenvalue weighted by atomic mass is 9.86. The average molecular weight is 414 g/mol. The third-order valence-corrected chi connectivity index (χ3v) is 5.64. The molecule has 2 aliphatic rings. The molecular weight excluding hydrogens is 386 g/mol. The molecule has 0 saturated carbocycles. The van der Waals surface area contributed by atoms with Gasteiger partial charge < -0.3 is 4.74 Å². The molecule has 0 N–H and O–H groups in total. The zero-order chi connectivity index (χ0) is 18.7. The van der Waals surface area contributed by atoms with Gasteiger partial charge in [0.1, 0.15) is 5.76 Å². The van der Waals surface area contributed by atoms with Crippen LogP contribution in [0.1, 0.15) is 52.5 Å². The second kappa shape index (κ2) is 7.96. The monoisotopic (exact) mass is 413 g/mol. The Balaban J connectivity index is 1.89. The number of ether oxygens (including phenoxy) is 1. The minimum atomic E-state index is 0.104. The Morgan fingerprint density at radius 3 is 2.65 bits per heavy atom. The molecule has 3 rings (SSSR count). The van der Waals surface area contributed by atoms with Crippen molar-refractivity contribution in [3.05, 3.63) is 69.4 Å². The molecule has 1 aromatic rings. The van der Waals surface area contributed by atoms with Gasteiger partial charge in [0, 0.05) is 22.2 Å². The zero-order valence-electron chi connectivity index (χ0n) is 16.2. The predicted octanol–water partition coefficient (Wildman–Crippen LogP) is 6.62. The van der Waals surface area contributed by atoms with E-state index in [0.717, 1.165) is 29.5 Å². The first kappa shape index (κ1) is 19.2. The normalized spacial score (nSPS) is 20.7. The molecule has 0 aromatic heterocycles. The van der Waals surface area contributed by atoms with Gasteiger partial charge in [-0.05, 0) is 48.5 Å². The van der Waals surface area contributed by atoms with E-state index in [2.05, 4.69) is 73.1 Å². The van der Waals surface area contributed by atoms with E-state index in [9.17, 15) is 0 Å². The Bertz CT molecular complexity index is 793. The van der Waals surface area contributed by atoms with Gasteiger partial charge in [0.25, 0.3) is 0 Å². The molecule has 0 saturated heterocycles. The maximum Gasteiger partial charge on any atom is 0.100 e. The van der Waals surface area contributed by atoms with Crippen molar-refractivity contribution >= 4 is 21.6 Å². The summed E-state index contributed by atoms with van der Waals surface area (Å²) in [6.07, 6.45) is 9.70. The third-order valence-electron chi connectivity index (χ3n) is 4.95. The molecule has 2 nitrogen and oxygen atoms in total. The van der Waals surface area contributed by atoms with Crippen molar-refractivity contribution in [2.75, 3.05) is 6.61 Å². The highest BCUT2D eigenvalue weighted by Gasteiger charge is 2.26. The Kier molecular flexibility index (Phi) is 5.86. The van der Waals surface area contributed by atoms with Gasteiger partial charge in [-0.3, -0.25) is 4.99 Å². The number of hydrogen-bond acceptors (Lipinski definition) is 2. The maximum absolute atomic E-state index is 5.93. The van der Waals surface area contributed by atoms with Gasteiger partial charge in [0.2, 0.25) is 0 Å². The van der Waals surface area contributed by atoms with Crippen molar-refractivity contribution < 1.29 is 4.74 Å². The van der Waals surface area contributed by atoms with Crippen LogP contribution in [-0.2, 0) is 4.74 Å². The summed E-state index contributed by atoms with van der Waals surface area (Å²) in [6, 6.07) is 8.61. The largest absolute Gasteiger partial charge is 0.498 e. The van der Waals surface area contributed by atoms with Crippen LogP contribution in [0.3, 0.4) is 0 Å². The number of allylic oxidation sites excluding steroid dienone is 5. The average Bonchev–Trinajstić information content (AvgIpc) is 2.96. The van der Waals surface area contributed by atoms with Crippen LogP contribution in [0.15, 0.2) is 68.9 Å². The van der Waals surface area contributed by atoms with Crippen LogP contribution in [0.4, 0.5) is 0 Å². The summed E-state index contributed by atoms with van der Waals surface area (Å²) in [6.45, 7) is 9.49. The lowest BCUT2D eigenvalue weighted by molar-refractivity contribution is 0.221. The Labute approximate surface area is 165 Å². The van der Waals surface area contributed by atoms with Gasteiger partial charge in [0.05, 0.1) is 12.6 Å². The first-order valence-electron chi connectivity index (χ1n) is 9.44. The van der Waals surface area contributed by atoms with Crippen molar-refractivity contribution in [3.8, 4) is 0 Å². The minimum Gasteiger partial charge on any atom is -0.498 e. The van der Waals surface area contributed by atoms with Gasteiger partial charge in [0.15, 0.2) is 0 Å². The van der Waals surface area contributed by atoms with E-state index >= 15 is 0 Å². The molecule has 0 bridgehead atoms. The second-order valence-corrected chi connectivity index (χ2v) is 8.80. The summed E-state index contributed by atoms with van der Waals surface area (Å²) in [4.78, 5) is 5.07. The van der Waals surface area contributed by atoms with E-state index in [1.165, 1.54) is 22.4 Å². The molecule has 1 aliphatic heterocycles. The summed E-state index contributed by atoms with van der Waals surface area (Å²) in [5.74, 6) is 1.06. The SMILES string of the molecule is CCOC1=CC(C(C)(C)C)=CC=C(C2CCC(c3ccccc3Br)=N2)C1. The number of hydrogen-bond donors (Lipinski definition) is 0. The van der Waals surface area contributed by atoms with Crippen LogP contribution in [0.25, 0.3) is 0 Å². The number of nitrogens with zero attached hydrogens (tertiary/aromatic N) is 1. The van der Waals surface area contributed by atoms with Gasteiger partial charge in [-0.2, -0.15) is 0 Å². The summed E-state index contributed by atoms with van der Waals surface area (Å²) in [5.41, 5.74) is 5.19. The van der Waals surface area contributed by atoms with Gasteiger partial charge >= 0.3 is 0 Å². The summed E-state index contributed by atoms with van der Waals surface area (Å²) >= 11 is 3.66. The molecule has 0 radical (unpaired) electrons. The van der Waals surface area contributed by atoms with Gasteiger partial charge in [-0.25, -0.2) is 0 Å². The standard InChI is InChI=1S/C23H28BrNO/c1-5-26-18-14-16(10-11-17(15-18)23(2,3)4)21-12-13-22(25-21)19-8-6-7-9-20(19)24/h6-11,15,21H,5,12-14H2,1-4H3. The summed E-state index contributed by atoms with van der Waals surface area (Å²) < 4.78 is 7.06. The highest BCUT2D eigenvalue weighted by molar-refractivity contribution is 9.10. The number of aliphatic imine (C=N–C) groups is 1. The van der Waals surface area contributed by atoms with Crippen LogP contribution < -0.4 is 0 Å². The molecule has 1 heterocycles. The van der Waals surface area contributed by atoms with Crippen LogP contribution in [0.2, 0.25) is 0 Å². The fourth-order valence-corrected chi connectivity index (χ4v) is 3.98. The first-order valence-corrected chi connectivity index (χ1v) is 10.2. The van der Waals surface area contributed by atoms with E-state index in [1.807, 2.05) is 13.0 Å². The smallest absolute Gasteiger partial charge is 0.100 e. The Morgan fingerprint density at radius 2 is 1.96 bits per heavy atom. The van der Waals surface area contributed by atoms with Crippen LogP contribution in [0.5, 0.6) is 0 Å². The Hall–Kier alpha value is -1.61. The minimum absolute atomic E-state index is 0.104. The van der Waals surface area contributed by atoms with Crippen LogP contribution in [0, 0.1) is 5.41 Å². The maximum atomic E-state index is 5.93. The van der Waals surface area contributed by atoms with Gasteiger partial charge in [-0.15, -0.1) is 0 Å². The van der Waals surface area contributed by atoms with E-state index in [1.54, 1.807) is 0 Å². The van der Waals surface area contributed by atoms with E-state index in [4.69, 9.17) is 9.73 Å². The lowest BCUT2D eigenvalue weighted by Gasteiger charge is -2.20. The van der Waals surface area contributed by atoms with Crippen molar-refractivity contribution in [2.45, 2.75) is 53.0 Å². The van der Waals surface area contributed by atoms with E-state index in [-0.39, 0.29) is 11.5 Å². The molecule has 1 aromatic carbocycles. The molecule has 1 atom stereocenters. The highest BCUT2D eigenvalue weighted by atomic mass is 79.9. The molecular formula is C23H28BrNO. The van der Waals surface area contributed by atoms with E-state index < -0.39 is 0 Å². The van der Waals surface area contributed by atoms with Crippen molar-refractivity contribution in [3.63, 3.8) is 0 Å². The number of halogens is 1. The molecule has 0 amide bonds. The van der Waals surface area contributed by atoms with Gasteiger partial charge in [-0.1, -0.05) is 67.1 Å². The quantitative estimate of drug-likeness (QED) is 0.542. The number of benzene rings is 1. The Morgan fingerprint density at radius 1 is 1.19 bits per heavy atom. The predicted molar refractivity (Wildman–Crippen MR) is 114 cm³/mol. The summed E-state index contributed by atoms with van der Waals surface area (Å²) in [7, 11) is 0. The first-order chi connectivity index (χ1) is 12.4. The van der Waals surface area contributed by atoms with Crippen molar-refractivity contribution in [1.82, 2.24) is 0 Å². The molecule has 0 fully saturated rings. The van der Waals surface area contributed by atoms with Crippen molar-refractivity contribution in [2.24, 2.45) is 10.4 Å². The number of rotatable bonds is 4. The summed E-state index contributed by atoms with van der Waals surface area (Å²) in [5, 5.41) is 0.